The molecule has 2 heteroatoms. The van der Waals surface area contributed by atoms with Gasteiger partial charge in [0.15, 0.2) is 0 Å². The predicted molar refractivity (Wildman–Crippen MR) is 95.0 cm³/mol. The fraction of sp³-hybridized carbons (Fsp3) is 0.333. The Morgan fingerprint density at radius 2 is 1.65 bits per heavy atom. The first-order valence-electron chi connectivity index (χ1n) is 8.33. The molecule has 1 fully saturated rings. The van der Waals surface area contributed by atoms with E-state index < -0.39 is 5.60 Å². The Hall–Kier alpha value is -1.90. The number of piperidine rings is 1. The van der Waals surface area contributed by atoms with Crippen LogP contribution in [0.25, 0.3) is 0 Å². The molecule has 1 saturated heterocycles. The molecule has 0 saturated carbocycles. The molecule has 1 aliphatic rings. The van der Waals surface area contributed by atoms with Crippen molar-refractivity contribution in [1.82, 2.24) is 5.32 Å². The zero-order valence-electron chi connectivity index (χ0n) is 13.7. The number of rotatable bonds is 4. The summed E-state index contributed by atoms with van der Waals surface area (Å²) in [4.78, 5) is 0. The Balaban J connectivity index is 1.97. The molecule has 2 nitrogen and oxygen atoms in total. The summed E-state index contributed by atoms with van der Waals surface area (Å²) in [5.41, 5.74) is 1.71. The van der Waals surface area contributed by atoms with Gasteiger partial charge in [0.25, 0.3) is 0 Å². The normalized spacial score (nSPS) is 30.8. The van der Waals surface area contributed by atoms with Gasteiger partial charge in [0.1, 0.15) is 0 Å². The smallest absolute Gasteiger partial charge is 0.0743 e. The molecule has 1 heterocycles. The highest BCUT2D eigenvalue weighted by atomic mass is 16.3. The standard InChI is InChI=1S/C21H25NO/c1-3-14-21(23)15-19(17-10-6-4-7-11-17)22-20(16(21)2)18-12-8-5-9-13-18/h3-13,16,19-20,22-23H,1,14-15H2,2H3/t16-,19+,20+,21-/m1/s1. The van der Waals surface area contributed by atoms with Crippen LogP contribution in [0, 0.1) is 5.92 Å². The fourth-order valence-electron chi connectivity index (χ4n) is 3.73. The van der Waals surface area contributed by atoms with Crippen LogP contribution < -0.4 is 5.32 Å². The molecule has 4 atom stereocenters. The molecule has 23 heavy (non-hydrogen) atoms. The largest absolute Gasteiger partial charge is 0.389 e. The molecule has 1 aliphatic heterocycles. The van der Waals surface area contributed by atoms with E-state index in [9.17, 15) is 5.11 Å². The van der Waals surface area contributed by atoms with Gasteiger partial charge in [-0.2, -0.15) is 0 Å². The van der Waals surface area contributed by atoms with Crippen molar-refractivity contribution in [3.63, 3.8) is 0 Å². The highest BCUT2D eigenvalue weighted by molar-refractivity contribution is 5.26. The molecule has 0 amide bonds. The van der Waals surface area contributed by atoms with Crippen LogP contribution in [-0.2, 0) is 0 Å². The second kappa shape index (κ2) is 6.69. The molecular weight excluding hydrogens is 282 g/mol. The molecule has 120 valence electrons. The zero-order chi connectivity index (χ0) is 16.3. The Bertz CT molecular complexity index is 639. The van der Waals surface area contributed by atoms with Crippen molar-refractivity contribution in [3.05, 3.63) is 84.4 Å². The second-order valence-corrected chi connectivity index (χ2v) is 6.61. The Kier molecular flexibility index (Phi) is 4.65. The Labute approximate surface area is 138 Å². The average molecular weight is 307 g/mol. The molecule has 0 bridgehead atoms. The van der Waals surface area contributed by atoms with Gasteiger partial charge in [-0.1, -0.05) is 73.7 Å². The summed E-state index contributed by atoms with van der Waals surface area (Å²) in [5, 5.41) is 15.0. The molecule has 2 aromatic rings. The van der Waals surface area contributed by atoms with Gasteiger partial charge in [-0.05, 0) is 24.0 Å². The van der Waals surface area contributed by atoms with Gasteiger partial charge in [-0.3, -0.25) is 0 Å². The first kappa shape index (κ1) is 16.0. The van der Waals surface area contributed by atoms with E-state index in [0.717, 1.165) is 0 Å². The van der Waals surface area contributed by atoms with E-state index in [-0.39, 0.29) is 18.0 Å². The van der Waals surface area contributed by atoms with Gasteiger partial charge in [0.05, 0.1) is 5.60 Å². The Morgan fingerprint density at radius 3 is 2.22 bits per heavy atom. The molecule has 0 unspecified atom stereocenters. The summed E-state index contributed by atoms with van der Waals surface area (Å²) in [5.74, 6) is 0.114. The van der Waals surface area contributed by atoms with E-state index in [1.54, 1.807) is 0 Å². The summed E-state index contributed by atoms with van der Waals surface area (Å²) >= 11 is 0. The lowest BCUT2D eigenvalue weighted by molar-refractivity contribution is -0.0654. The third-order valence-corrected chi connectivity index (χ3v) is 5.14. The minimum absolute atomic E-state index is 0.114. The SMILES string of the molecule is C=CC[C@@]1(O)C[C@@H](c2ccccc2)N[C@H](c2ccccc2)[C@H]1C. The van der Waals surface area contributed by atoms with Crippen LogP contribution in [0.2, 0.25) is 0 Å². The van der Waals surface area contributed by atoms with E-state index in [4.69, 9.17) is 0 Å². The number of hydrogen-bond acceptors (Lipinski definition) is 2. The van der Waals surface area contributed by atoms with E-state index in [2.05, 4.69) is 67.4 Å². The van der Waals surface area contributed by atoms with Crippen LogP contribution in [0.4, 0.5) is 0 Å². The number of nitrogens with one attached hydrogen (secondary N) is 1. The molecule has 2 aromatic carbocycles. The lowest BCUT2D eigenvalue weighted by Crippen LogP contribution is -2.51. The van der Waals surface area contributed by atoms with Crippen molar-refractivity contribution in [2.45, 2.75) is 37.5 Å². The number of benzene rings is 2. The molecule has 0 spiro atoms. The highest BCUT2D eigenvalue weighted by Crippen LogP contribution is 2.44. The maximum absolute atomic E-state index is 11.3. The van der Waals surface area contributed by atoms with Crippen molar-refractivity contribution in [2.75, 3.05) is 0 Å². The molecule has 2 N–H and O–H groups in total. The van der Waals surface area contributed by atoms with Crippen molar-refractivity contribution >= 4 is 0 Å². The van der Waals surface area contributed by atoms with Gasteiger partial charge < -0.3 is 10.4 Å². The Morgan fingerprint density at radius 1 is 1.09 bits per heavy atom. The van der Waals surface area contributed by atoms with Gasteiger partial charge >= 0.3 is 0 Å². The lowest BCUT2D eigenvalue weighted by Gasteiger charge is -2.47. The lowest BCUT2D eigenvalue weighted by atomic mass is 9.70. The minimum Gasteiger partial charge on any atom is -0.389 e. The van der Waals surface area contributed by atoms with Crippen LogP contribution >= 0.6 is 0 Å². The highest BCUT2D eigenvalue weighted by Gasteiger charge is 2.45. The molecule has 0 radical (unpaired) electrons. The monoisotopic (exact) mass is 307 g/mol. The third kappa shape index (κ3) is 3.24. The maximum atomic E-state index is 11.3. The van der Waals surface area contributed by atoms with Crippen LogP contribution in [0.1, 0.15) is 43.0 Å². The van der Waals surface area contributed by atoms with Gasteiger partial charge in [0.2, 0.25) is 0 Å². The number of aliphatic hydroxyl groups is 1. The molecule has 0 aromatic heterocycles. The zero-order valence-corrected chi connectivity index (χ0v) is 13.7. The predicted octanol–water partition coefficient (Wildman–Crippen LogP) is 4.41. The first-order valence-corrected chi connectivity index (χ1v) is 8.33. The van der Waals surface area contributed by atoms with Crippen LogP contribution in [0.5, 0.6) is 0 Å². The van der Waals surface area contributed by atoms with Crippen LogP contribution in [-0.4, -0.2) is 10.7 Å². The second-order valence-electron chi connectivity index (χ2n) is 6.61. The van der Waals surface area contributed by atoms with Crippen LogP contribution in [0.3, 0.4) is 0 Å². The number of hydrogen-bond donors (Lipinski definition) is 2. The third-order valence-electron chi connectivity index (χ3n) is 5.14. The summed E-state index contributed by atoms with van der Waals surface area (Å²) in [6, 6.07) is 21.1. The fourth-order valence-corrected chi connectivity index (χ4v) is 3.73. The average Bonchev–Trinajstić information content (AvgIpc) is 2.59. The van der Waals surface area contributed by atoms with Gasteiger partial charge in [-0.25, -0.2) is 0 Å². The van der Waals surface area contributed by atoms with E-state index in [1.165, 1.54) is 11.1 Å². The topological polar surface area (TPSA) is 32.3 Å². The van der Waals surface area contributed by atoms with E-state index >= 15 is 0 Å². The summed E-state index contributed by atoms with van der Waals surface area (Å²) < 4.78 is 0. The summed E-state index contributed by atoms with van der Waals surface area (Å²) in [6.07, 6.45) is 3.15. The minimum atomic E-state index is -0.742. The first-order chi connectivity index (χ1) is 11.1. The maximum Gasteiger partial charge on any atom is 0.0743 e. The molecular formula is C21H25NO. The van der Waals surface area contributed by atoms with Crippen molar-refractivity contribution in [2.24, 2.45) is 5.92 Å². The van der Waals surface area contributed by atoms with Gasteiger partial charge in [-0.15, -0.1) is 6.58 Å². The van der Waals surface area contributed by atoms with Gasteiger partial charge in [0, 0.05) is 18.0 Å². The molecule has 0 aliphatic carbocycles. The van der Waals surface area contributed by atoms with Crippen molar-refractivity contribution < 1.29 is 5.11 Å². The van der Waals surface area contributed by atoms with Crippen LogP contribution in [0.15, 0.2) is 73.3 Å². The van der Waals surface area contributed by atoms with Crippen molar-refractivity contribution in [1.29, 1.82) is 0 Å². The van der Waals surface area contributed by atoms with E-state index in [1.807, 2.05) is 18.2 Å². The van der Waals surface area contributed by atoms with E-state index in [0.29, 0.717) is 12.8 Å². The summed E-state index contributed by atoms with van der Waals surface area (Å²) in [6.45, 7) is 5.98. The van der Waals surface area contributed by atoms with Crippen molar-refractivity contribution in [3.8, 4) is 0 Å². The molecule has 3 rings (SSSR count). The summed E-state index contributed by atoms with van der Waals surface area (Å²) in [7, 11) is 0. The quantitative estimate of drug-likeness (QED) is 0.820.